The van der Waals surface area contributed by atoms with Gasteiger partial charge in [0.2, 0.25) is 5.75 Å². The first-order valence-electron chi connectivity index (χ1n) is 7.66. The molecule has 0 aromatic heterocycles. The molecule has 0 aliphatic carbocycles. The van der Waals surface area contributed by atoms with Crippen molar-refractivity contribution in [1.82, 2.24) is 14.0 Å². The molecule has 0 aliphatic heterocycles. The third-order valence-corrected chi connectivity index (χ3v) is 8.04. The van der Waals surface area contributed by atoms with Crippen LogP contribution < -0.4 is 14.2 Å². The fourth-order valence-electron chi connectivity index (χ4n) is 2.91. The average molecular weight is 356 g/mol. The lowest BCUT2D eigenvalue weighted by Gasteiger charge is -2.37. The van der Waals surface area contributed by atoms with Crippen molar-refractivity contribution in [2.24, 2.45) is 0 Å². The van der Waals surface area contributed by atoms with Crippen molar-refractivity contribution in [3.63, 3.8) is 0 Å². The molecule has 0 saturated heterocycles. The van der Waals surface area contributed by atoms with Gasteiger partial charge < -0.3 is 14.2 Å². The molecular weight excluding hydrogens is 325 g/mol. The Labute approximate surface area is 147 Å². The van der Waals surface area contributed by atoms with E-state index >= 15 is 0 Å². The second-order valence-electron chi connectivity index (χ2n) is 5.90. The van der Waals surface area contributed by atoms with Gasteiger partial charge >= 0.3 is 0 Å². The molecule has 0 saturated carbocycles. The number of nitrogens with zero attached hydrogens (tertiary/aromatic N) is 3. The highest BCUT2D eigenvalue weighted by Gasteiger charge is 2.45. The predicted molar refractivity (Wildman–Crippen MR) is 103 cm³/mol. The van der Waals surface area contributed by atoms with Gasteiger partial charge in [-0.25, -0.2) is 0 Å². The summed E-state index contributed by atoms with van der Waals surface area (Å²) in [4.78, 5) is 0. The van der Waals surface area contributed by atoms with Gasteiger partial charge in [-0.15, -0.1) is 0 Å². The topological polar surface area (TPSA) is 37.4 Å². The molecule has 0 unspecified atom stereocenters. The van der Waals surface area contributed by atoms with E-state index in [0.29, 0.717) is 17.2 Å². The molecule has 0 bridgehead atoms. The van der Waals surface area contributed by atoms with Crippen LogP contribution in [0, 0.1) is 0 Å². The molecule has 0 heterocycles. The number of ether oxygens (including phenoxy) is 3. The quantitative estimate of drug-likeness (QED) is 0.666. The molecule has 0 amide bonds. The first-order valence-corrected chi connectivity index (χ1v) is 9.38. The van der Waals surface area contributed by atoms with Crippen molar-refractivity contribution in [2.75, 3.05) is 63.6 Å². The summed E-state index contributed by atoms with van der Waals surface area (Å²) in [5.41, 5.74) is 0.949. The van der Waals surface area contributed by atoms with Crippen molar-refractivity contribution in [3.05, 3.63) is 23.5 Å². The van der Waals surface area contributed by atoms with Crippen LogP contribution in [0.25, 0.3) is 6.08 Å². The Bertz CT molecular complexity index is 553. The van der Waals surface area contributed by atoms with Gasteiger partial charge in [0.15, 0.2) is 11.5 Å². The molecule has 7 heteroatoms. The molecule has 6 nitrogen and oxygen atoms in total. The molecule has 0 fully saturated rings. The molecule has 0 spiro atoms. The molecule has 0 aliphatic rings. The third kappa shape index (κ3) is 3.83. The van der Waals surface area contributed by atoms with Crippen LogP contribution in [0.1, 0.15) is 5.56 Å². The number of hydrogen-bond acceptors (Lipinski definition) is 6. The van der Waals surface area contributed by atoms with E-state index in [2.05, 4.69) is 68.2 Å². The number of methoxy groups -OCH3 is 3. The first-order chi connectivity index (χ1) is 11.3. The molecule has 1 aromatic carbocycles. The molecule has 0 N–H and O–H groups in total. The van der Waals surface area contributed by atoms with Crippen LogP contribution in [0.5, 0.6) is 17.2 Å². The van der Waals surface area contributed by atoms with E-state index in [1.807, 2.05) is 12.1 Å². The summed E-state index contributed by atoms with van der Waals surface area (Å²) in [5, 5.41) is 0. The average Bonchev–Trinajstić information content (AvgIpc) is 2.53. The monoisotopic (exact) mass is 356 g/mol. The summed E-state index contributed by atoms with van der Waals surface area (Å²) in [6, 6.07) is 3.87. The van der Waals surface area contributed by atoms with E-state index in [9.17, 15) is 0 Å². The van der Waals surface area contributed by atoms with Gasteiger partial charge in [-0.05, 0) is 18.2 Å². The maximum absolute atomic E-state index is 5.57. The van der Waals surface area contributed by atoms with Crippen LogP contribution >= 0.6 is 7.71 Å². The summed E-state index contributed by atoms with van der Waals surface area (Å²) in [6.07, 6.45) is 2.09. The Morgan fingerprint density at radius 2 is 1.25 bits per heavy atom. The van der Waals surface area contributed by atoms with Crippen LogP contribution in [-0.2, 0) is 0 Å². The molecule has 0 atom stereocenters. The SMILES string of the molecule is COc1ccc(/C=C/[P+](N(C)C)(N(C)C)N(C)C)c(OC)c1OC. The fourth-order valence-corrected chi connectivity index (χ4v) is 6.22. The van der Waals surface area contributed by atoms with E-state index in [-0.39, 0.29) is 0 Å². The lowest BCUT2D eigenvalue weighted by Crippen LogP contribution is -2.34. The maximum Gasteiger partial charge on any atom is 0.253 e. The highest BCUT2D eigenvalue weighted by molar-refractivity contribution is 7.72. The molecule has 0 radical (unpaired) electrons. The van der Waals surface area contributed by atoms with Crippen LogP contribution in [0.2, 0.25) is 0 Å². The van der Waals surface area contributed by atoms with Gasteiger partial charge in [0.25, 0.3) is 7.71 Å². The normalized spacial score (nSPS) is 12.5. The van der Waals surface area contributed by atoms with Crippen molar-refractivity contribution in [1.29, 1.82) is 0 Å². The maximum atomic E-state index is 5.57. The van der Waals surface area contributed by atoms with Crippen LogP contribution in [0.4, 0.5) is 0 Å². The minimum absolute atomic E-state index is 0.602. The van der Waals surface area contributed by atoms with Crippen molar-refractivity contribution in [3.8, 4) is 17.2 Å². The minimum Gasteiger partial charge on any atom is -0.493 e. The summed E-state index contributed by atoms with van der Waals surface area (Å²) in [5.74, 6) is 4.17. The van der Waals surface area contributed by atoms with Gasteiger partial charge in [0, 0.05) is 47.8 Å². The lowest BCUT2D eigenvalue weighted by molar-refractivity contribution is 0.324. The smallest absolute Gasteiger partial charge is 0.253 e. The van der Waals surface area contributed by atoms with Gasteiger partial charge in [0.1, 0.15) is 5.82 Å². The van der Waals surface area contributed by atoms with E-state index < -0.39 is 7.71 Å². The van der Waals surface area contributed by atoms with E-state index in [0.717, 1.165) is 5.56 Å². The highest BCUT2D eigenvalue weighted by atomic mass is 31.2. The Kier molecular flexibility index (Phi) is 7.49. The third-order valence-electron chi connectivity index (χ3n) is 3.95. The second-order valence-corrected chi connectivity index (χ2v) is 9.82. The van der Waals surface area contributed by atoms with E-state index in [1.165, 1.54) is 0 Å². The van der Waals surface area contributed by atoms with Crippen LogP contribution in [0.15, 0.2) is 17.9 Å². The number of rotatable bonds is 8. The van der Waals surface area contributed by atoms with Gasteiger partial charge in [-0.2, -0.15) is 14.0 Å². The summed E-state index contributed by atoms with van der Waals surface area (Å²) >= 11 is 0. The highest BCUT2D eigenvalue weighted by Crippen LogP contribution is 2.65. The number of benzene rings is 1. The summed E-state index contributed by atoms with van der Waals surface area (Å²) in [7, 11) is 15.7. The summed E-state index contributed by atoms with van der Waals surface area (Å²) in [6.45, 7) is 0. The largest absolute Gasteiger partial charge is 0.493 e. The zero-order valence-electron chi connectivity index (χ0n) is 16.3. The van der Waals surface area contributed by atoms with Crippen molar-refractivity contribution < 1.29 is 14.2 Å². The van der Waals surface area contributed by atoms with Crippen molar-refractivity contribution in [2.45, 2.75) is 0 Å². The van der Waals surface area contributed by atoms with Crippen LogP contribution in [-0.4, -0.2) is 77.6 Å². The van der Waals surface area contributed by atoms with Crippen molar-refractivity contribution >= 4 is 13.8 Å². The molecule has 1 rings (SSSR count). The van der Waals surface area contributed by atoms with E-state index in [1.54, 1.807) is 21.3 Å². The Balaban J connectivity index is 3.44. The Morgan fingerprint density at radius 1 is 0.750 bits per heavy atom. The Hall–Kier alpha value is -1.33. The molecular formula is C17H31N3O3P+. The van der Waals surface area contributed by atoms with Gasteiger partial charge in [-0.1, -0.05) is 0 Å². The predicted octanol–water partition coefficient (Wildman–Crippen LogP) is 3.13. The zero-order valence-corrected chi connectivity index (χ0v) is 17.2. The van der Waals surface area contributed by atoms with E-state index in [4.69, 9.17) is 14.2 Å². The first kappa shape index (κ1) is 20.7. The molecule has 1 aromatic rings. The fraction of sp³-hybridized carbons (Fsp3) is 0.529. The van der Waals surface area contributed by atoms with Gasteiger partial charge in [-0.3, -0.25) is 0 Å². The van der Waals surface area contributed by atoms with Gasteiger partial charge in [0.05, 0.1) is 21.3 Å². The Morgan fingerprint density at radius 3 is 1.62 bits per heavy atom. The lowest BCUT2D eigenvalue weighted by atomic mass is 10.1. The summed E-state index contributed by atoms with van der Waals surface area (Å²) < 4.78 is 23.2. The molecule has 136 valence electrons. The second kappa shape index (κ2) is 8.67. The van der Waals surface area contributed by atoms with Crippen LogP contribution in [0.3, 0.4) is 0 Å². The molecule has 24 heavy (non-hydrogen) atoms. The zero-order chi connectivity index (χ0) is 18.5. The standard InChI is InChI=1S/C17H31N3O3P/c1-18(2)24(19(3)4,20(5)6)13-12-14-10-11-15(21-7)17(23-9)16(14)22-8/h10-13H,1-9H3/q+1/b13-12+. The number of hydrogen-bond donors (Lipinski definition) is 0. The minimum atomic E-state index is -1.76.